The summed E-state index contributed by atoms with van der Waals surface area (Å²) in [7, 11) is 3.43. The minimum Gasteiger partial charge on any atom is -0.495 e. The van der Waals surface area contributed by atoms with Gasteiger partial charge < -0.3 is 20.4 Å². The molecular weight excluding hydrogens is 328 g/mol. The monoisotopic (exact) mass is 350 g/mol. The van der Waals surface area contributed by atoms with Gasteiger partial charge in [0.2, 0.25) is 5.91 Å². The fourth-order valence-corrected chi connectivity index (χ4v) is 2.86. The van der Waals surface area contributed by atoms with E-state index in [2.05, 4.69) is 9.97 Å². The van der Waals surface area contributed by atoms with Crippen LogP contribution in [0.3, 0.4) is 0 Å². The van der Waals surface area contributed by atoms with E-state index in [0.29, 0.717) is 5.82 Å². The van der Waals surface area contributed by atoms with Crippen LogP contribution in [0, 0.1) is 0 Å². The molecule has 6 heteroatoms. The SMILES string of the molecule is COc1cccc2c(C(C)N(C)C(=O)C=Cc3ccc(N)nc3)c[nH]c12. The molecule has 134 valence electrons. The Kier molecular flexibility index (Phi) is 4.93. The summed E-state index contributed by atoms with van der Waals surface area (Å²) in [6.07, 6.45) is 6.83. The third-order valence-electron chi connectivity index (χ3n) is 4.54. The van der Waals surface area contributed by atoms with Crippen LogP contribution in [0.2, 0.25) is 0 Å². The second-order valence-electron chi connectivity index (χ2n) is 6.10. The van der Waals surface area contributed by atoms with Crippen LogP contribution in [0.25, 0.3) is 17.0 Å². The molecule has 1 aromatic carbocycles. The minimum atomic E-state index is -0.0995. The molecule has 6 nitrogen and oxygen atoms in total. The summed E-state index contributed by atoms with van der Waals surface area (Å²) < 4.78 is 5.39. The third kappa shape index (κ3) is 3.39. The average molecular weight is 350 g/mol. The van der Waals surface area contributed by atoms with Gasteiger partial charge in [-0.2, -0.15) is 0 Å². The van der Waals surface area contributed by atoms with E-state index in [1.54, 1.807) is 43.5 Å². The van der Waals surface area contributed by atoms with Crippen molar-refractivity contribution in [2.45, 2.75) is 13.0 Å². The van der Waals surface area contributed by atoms with Crippen LogP contribution >= 0.6 is 0 Å². The Bertz CT molecular complexity index is 944. The van der Waals surface area contributed by atoms with E-state index >= 15 is 0 Å². The molecule has 1 unspecified atom stereocenters. The highest BCUT2D eigenvalue weighted by Crippen LogP contribution is 2.32. The van der Waals surface area contributed by atoms with Gasteiger partial charge >= 0.3 is 0 Å². The van der Waals surface area contributed by atoms with Crippen LogP contribution < -0.4 is 10.5 Å². The molecule has 2 heterocycles. The molecule has 0 fully saturated rings. The van der Waals surface area contributed by atoms with Crippen molar-refractivity contribution < 1.29 is 9.53 Å². The summed E-state index contributed by atoms with van der Waals surface area (Å²) in [6.45, 7) is 2.00. The van der Waals surface area contributed by atoms with Gasteiger partial charge in [0.1, 0.15) is 11.6 Å². The number of benzene rings is 1. The second-order valence-corrected chi connectivity index (χ2v) is 6.10. The number of aromatic nitrogens is 2. The number of hydrogen-bond donors (Lipinski definition) is 2. The molecule has 0 bridgehead atoms. The Hall–Kier alpha value is -3.28. The summed E-state index contributed by atoms with van der Waals surface area (Å²) >= 11 is 0. The van der Waals surface area contributed by atoms with Crippen molar-refractivity contribution in [1.82, 2.24) is 14.9 Å². The number of para-hydroxylation sites is 1. The van der Waals surface area contributed by atoms with Gasteiger partial charge in [-0.1, -0.05) is 12.1 Å². The van der Waals surface area contributed by atoms with Gasteiger partial charge in [0.25, 0.3) is 0 Å². The summed E-state index contributed by atoms with van der Waals surface area (Å²) in [4.78, 5) is 21.5. The highest BCUT2D eigenvalue weighted by atomic mass is 16.5. The van der Waals surface area contributed by atoms with Gasteiger partial charge in [0.15, 0.2) is 0 Å². The van der Waals surface area contributed by atoms with Crippen LogP contribution in [0.5, 0.6) is 5.75 Å². The molecule has 0 saturated heterocycles. The number of amides is 1. The van der Waals surface area contributed by atoms with Gasteiger partial charge in [0.05, 0.1) is 18.7 Å². The number of carbonyl (C=O) groups is 1. The second kappa shape index (κ2) is 7.31. The molecule has 0 saturated carbocycles. The fraction of sp³-hybridized carbons (Fsp3) is 0.200. The number of nitrogen functional groups attached to an aromatic ring is 1. The van der Waals surface area contributed by atoms with E-state index in [1.807, 2.05) is 37.4 Å². The average Bonchev–Trinajstić information content (AvgIpc) is 3.10. The van der Waals surface area contributed by atoms with Crippen LogP contribution in [0.1, 0.15) is 24.1 Å². The molecule has 0 aliphatic heterocycles. The maximum absolute atomic E-state index is 12.5. The van der Waals surface area contributed by atoms with Crippen LogP contribution in [0.4, 0.5) is 5.82 Å². The van der Waals surface area contributed by atoms with E-state index < -0.39 is 0 Å². The zero-order chi connectivity index (χ0) is 18.7. The molecule has 0 spiro atoms. The normalized spacial score (nSPS) is 12.4. The maximum Gasteiger partial charge on any atom is 0.246 e. The summed E-state index contributed by atoms with van der Waals surface area (Å²) in [6, 6.07) is 9.30. The lowest BCUT2D eigenvalue weighted by Gasteiger charge is -2.23. The number of nitrogens with two attached hydrogens (primary N) is 1. The summed E-state index contributed by atoms with van der Waals surface area (Å²) in [5.74, 6) is 1.14. The highest BCUT2D eigenvalue weighted by Gasteiger charge is 2.19. The first-order valence-electron chi connectivity index (χ1n) is 8.31. The van der Waals surface area contributed by atoms with E-state index in [9.17, 15) is 4.79 Å². The van der Waals surface area contributed by atoms with E-state index in [0.717, 1.165) is 27.8 Å². The lowest BCUT2D eigenvalue weighted by atomic mass is 10.1. The highest BCUT2D eigenvalue weighted by molar-refractivity contribution is 5.93. The van der Waals surface area contributed by atoms with Gasteiger partial charge in [0, 0.05) is 30.9 Å². The number of rotatable bonds is 5. The molecule has 3 N–H and O–H groups in total. The van der Waals surface area contributed by atoms with Gasteiger partial charge in [-0.25, -0.2) is 4.98 Å². The predicted molar refractivity (Wildman–Crippen MR) is 104 cm³/mol. The largest absolute Gasteiger partial charge is 0.495 e. The van der Waals surface area contributed by atoms with Crippen molar-refractivity contribution >= 4 is 28.7 Å². The molecule has 0 aliphatic carbocycles. The predicted octanol–water partition coefficient (Wildman–Crippen LogP) is 3.39. The lowest BCUT2D eigenvalue weighted by molar-refractivity contribution is -0.126. The fourth-order valence-electron chi connectivity index (χ4n) is 2.86. The number of pyridine rings is 1. The van der Waals surface area contributed by atoms with Crippen molar-refractivity contribution in [3.8, 4) is 5.75 Å². The quantitative estimate of drug-likeness (QED) is 0.691. The first-order valence-corrected chi connectivity index (χ1v) is 8.31. The Morgan fingerprint density at radius 2 is 2.15 bits per heavy atom. The zero-order valence-electron chi connectivity index (χ0n) is 15.1. The number of aromatic amines is 1. The number of hydrogen-bond acceptors (Lipinski definition) is 4. The lowest BCUT2D eigenvalue weighted by Crippen LogP contribution is -2.27. The topological polar surface area (TPSA) is 84.2 Å². The molecule has 0 aliphatic rings. The number of anilines is 1. The molecule has 0 radical (unpaired) electrons. The molecule has 3 rings (SSSR count). The summed E-state index contributed by atoms with van der Waals surface area (Å²) in [5, 5.41) is 1.04. The Balaban J connectivity index is 1.80. The standard InChI is InChI=1S/C20H22N4O2/c1-13(16-12-23-20-15(16)5-4-6-17(20)26-3)24(2)19(25)10-8-14-7-9-18(21)22-11-14/h4-13,23H,1-3H3,(H2,21,22). The molecule has 2 aromatic heterocycles. The van der Waals surface area contributed by atoms with E-state index in [1.165, 1.54) is 0 Å². The number of likely N-dealkylation sites (N-methyl/N-ethyl adjacent to an activating group) is 1. The molecule has 26 heavy (non-hydrogen) atoms. The van der Waals surface area contributed by atoms with Crippen LogP contribution in [-0.4, -0.2) is 34.9 Å². The molecule has 1 atom stereocenters. The number of fused-ring (bicyclic) bond motifs is 1. The van der Waals surface area contributed by atoms with Crippen molar-refractivity contribution in [2.24, 2.45) is 0 Å². The van der Waals surface area contributed by atoms with Crippen molar-refractivity contribution in [1.29, 1.82) is 0 Å². The third-order valence-corrected chi connectivity index (χ3v) is 4.54. The van der Waals surface area contributed by atoms with Crippen molar-refractivity contribution in [3.05, 3.63) is 59.9 Å². The Labute approximate surface area is 152 Å². The van der Waals surface area contributed by atoms with Crippen molar-refractivity contribution in [3.63, 3.8) is 0 Å². The van der Waals surface area contributed by atoms with Gasteiger partial charge in [-0.05, 0) is 42.3 Å². The Morgan fingerprint density at radius 1 is 1.35 bits per heavy atom. The molecular formula is C20H22N4O2. The van der Waals surface area contributed by atoms with Crippen molar-refractivity contribution in [2.75, 3.05) is 19.9 Å². The van der Waals surface area contributed by atoms with Crippen LogP contribution in [0.15, 0.2) is 48.8 Å². The zero-order valence-corrected chi connectivity index (χ0v) is 15.1. The Morgan fingerprint density at radius 3 is 2.85 bits per heavy atom. The number of carbonyl (C=O) groups excluding carboxylic acids is 1. The maximum atomic E-state index is 12.5. The first kappa shape index (κ1) is 17.5. The number of H-pyrrole nitrogens is 1. The van der Waals surface area contributed by atoms with Crippen LogP contribution in [-0.2, 0) is 4.79 Å². The number of nitrogens with zero attached hydrogens (tertiary/aromatic N) is 2. The smallest absolute Gasteiger partial charge is 0.246 e. The van der Waals surface area contributed by atoms with E-state index in [4.69, 9.17) is 10.5 Å². The minimum absolute atomic E-state index is 0.0911. The molecule has 1 amide bonds. The van der Waals surface area contributed by atoms with Gasteiger partial charge in [-0.15, -0.1) is 0 Å². The number of nitrogens with one attached hydrogen (secondary N) is 1. The summed E-state index contributed by atoms with van der Waals surface area (Å²) in [5.41, 5.74) is 8.36. The first-order chi connectivity index (χ1) is 12.5. The van der Waals surface area contributed by atoms with Gasteiger partial charge in [-0.3, -0.25) is 4.79 Å². The number of ether oxygens (including phenoxy) is 1. The number of methoxy groups -OCH3 is 1. The molecule has 3 aromatic rings. The van der Waals surface area contributed by atoms with E-state index in [-0.39, 0.29) is 11.9 Å².